The molecule has 0 unspecified atom stereocenters. The van der Waals surface area contributed by atoms with E-state index in [2.05, 4.69) is 4.57 Å². The van der Waals surface area contributed by atoms with Crippen LogP contribution in [0, 0.1) is 13.8 Å². The van der Waals surface area contributed by atoms with Gasteiger partial charge < -0.3 is 33.2 Å². The first-order valence-electron chi connectivity index (χ1n) is 13.1. The second-order valence-electron chi connectivity index (χ2n) is 9.41. The average Bonchev–Trinajstić information content (AvgIpc) is 3.55. The van der Waals surface area contributed by atoms with Crippen molar-refractivity contribution in [2.75, 3.05) is 52.7 Å². The predicted octanol–water partition coefficient (Wildman–Crippen LogP) is 2.96. The van der Waals surface area contributed by atoms with E-state index in [4.69, 9.17) is 23.7 Å². The molecule has 0 bridgehead atoms. The van der Waals surface area contributed by atoms with E-state index in [-0.39, 0.29) is 36.6 Å². The summed E-state index contributed by atoms with van der Waals surface area (Å²) in [6.45, 7) is 9.04. The third-order valence-electron chi connectivity index (χ3n) is 6.81. The topological polar surface area (TPSA) is 106 Å². The highest BCUT2D eigenvalue weighted by Crippen LogP contribution is 2.29. The smallest absolute Gasteiger partial charge is 0.338 e. The van der Waals surface area contributed by atoms with Crippen LogP contribution in [-0.4, -0.2) is 86.0 Å². The van der Waals surface area contributed by atoms with Crippen molar-refractivity contribution in [3.05, 3.63) is 46.8 Å². The summed E-state index contributed by atoms with van der Waals surface area (Å²) < 4.78 is 29.8. The van der Waals surface area contributed by atoms with E-state index < -0.39 is 5.97 Å². The quantitative estimate of drug-likeness (QED) is 0.324. The molecule has 3 heterocycles. The third-order valence-corrected chi connectivity index (χ3v) is 6.81. The lowest BCUT2D eigenvalue weighted by Crippen LogP contribution is -2.43. The standard InChI is InChI=1S/C28H36N2O8/c1-4-35-26-15-21(7-8-25(26)37-18-27(32)29-9-12-34-13-10-29)28(33)38-17-24(31)23-14-19(2)30(20(23)3)16-22-6-5-11-36-22/h7-8,14-15,22H,4-6,9-13,16-18H2,1-3H3/t22-/m1/s1. The number of esters is 1. The molecule has 1 aromatic heterocycles. The van der Waals surface area contributed by atoms with Crippen molar-refractivity contribution in [2.24, 2.45) is 0 Å². The van der Waals surface area contributed by atoms with E-state index in [0.717, 1.165) is 30.8 Å². The maximum atomic E-state index is 12.9. The molecule has 2 fully saturated rings. The zero-order valence-electron chi connectivity index (χ0n) is 22.3. The van der Waals surface area contributed by atoms with Crippen LogP contribution in [-0.2, 0) is 25.5 Å². The zero-order valence-corrected chi connectivity index (χ0v) is 22.3. The summed E-state index contributed by atoms with van der Waals surface area (Å²) >= 11 is 0. The highest BCUT2D eigenvalue weighted by molar-refractivity contribution is 6.00. The number of nitrogens with zero attached hydrogens (tertiary/aromatic N) is 2. The van der Waals surface area contributed by atoms with Gasteiger partial charge in [0.05, 0.1) is 31.5 Å². The Labute approximate surface area is 222 Å². The van der Waals surface area contributed by atoms with Crippen molar-refractivity contribution in [2.45, 2.75) is 46.3 Å². The Morgan fingerprint density at radius 1 is 1.00 bits per heavy atom. The zero-order chi connectivity index (χ0) is 27.1. The van der Waals surface area contributed by atoms with Crippen LogP contribution in [0.15, 0.2) is 24.3 Å². The molecule has 206 valence electrons. The number of benzene rings is 1. The molecular weight excluding hydrogens is 492 g/mol. The largest absolute Gasteiger partial charge is 0.490 e. The molecule has 0 spiro atoms. The number of hydrogen-bond acceptors (Lipinski definition) is 8. The molecule has 4 rings (SSSR count). The lowest BCUT2D eigenvalue weighted by Gasteiger charge is -2.26. The first-order valence-corrected chi connectivity index (χ1v) is 13.1. The molecule has 2 aliphatic rings. The van der Waals surface area contributed by atoms with Gasteiger partial charge in [-0.1, -0.05) is 0 Å². The monoisotopic (exact) mass is 528 g/mol. The summed E-state index contributed by atoms with van der Waals surface area (Å²) in [7, 11) is 0. The number of aromatic nitrogens is 1. The first kappa shape index (κ1) is 27.7. The lowest BCUT2D eigenvalue weighted by atomic mass is 10.1. The molecule has 0 aliphatic carbocycles. The maximum absolute atomic E-state index is 12.9. The highest BCUT2D eigenvalue weighted by atomic mass is 16.5. The molecule has 1 aromatic carbocycles. The number of carbonyl (C=O) groups is 3. The fourth-order valence-electron chi connectivity index (χ4n) is 4.71. The Hall–Kier alpha value is -3.37. The van der Waals surface area contributed by atoms with Gasteiger partial charge in [-0.05, 0) is 57.9 Å². The molecule has 2 saturated heterocycles. The van der Waals surface area contributed by atoms with Gasteiger partial charge in [0.2, 0.25) is 5.78 Å². The molecule has 1 atom stereocenters. The van der Waals surface area contributed by atoms with E-state index in [9.17, 15) is 14.4 Å². The molecule has 0 saturated carbocycles. The van der Waals surface area contributed by atoms with E-state index in [0.29, 0.717) is 56.5 Å². The van der Waals surface area contributed by atoms with E-state index in [1.165, 1.54) is 12.1 Å². The van der Waals surface area contributed by atoms with Crippen LogP contribution in [0.3, 0.4) is 0 Å². The van der Waals surface area contributed by atoms with Crippen LogP contribution in [0.1, 0.15) is 51.9 Å². The first-order chi connectivity index (χ1) is 18.4. The van der Waals surface area contributed by atoms with Gasteiger partial charge in [0, 0.05) is 43.2 Å². The van der Waals surface area contributed by atoms with Gasteiger partial charge in [0.1, 0.15) is 0 Å². The van der Waals surface area contributed by atoms with Crippen LogP contribution in [0.4, 0.5) is 0 Å². The number of aryl methyl sites for hydroxylation is 1. The Kier molecular flexibility index (Phi) is 9.41. The van der Waals surface area contributed by atoms with Crippen LogP contribution >= 0.6 is 0 Å². The van der Waals surface area contributed by atoms with E-state index in [1.807, 2.05) is 26.8 Å². The number of amides is 1. The van der Waals surface area contributed by atoms with Crippen molar-refractivity contribution in [3.8, 4) is 11.5 Å². The molecule has 2 aliphatic heterocycles. The Bertz CT molecular complexity index is 1150. The molecule has 0 N–H and O–H groups in total. The SMILES string of the molecule is CCOc1cc(C(=O)OCC(=O)c2cc(C)n(C[C@H]3CCCO3)c2C)ccc1OCC(=O)N1CCOCC1. The molecule has 1 amide bonds. The van der Waals surface area contributed by atoms with Gasteiger partial charge in [-0.3, -0.25) is 9.59 Å². The number of Topliss-reactive ketones (excluding diaryl/α,β-unsaturated/α-hetero) is 1. The minimum Gasteiger partial charge on any atom is -0.490 e. The van der Waals surface area contributed by atoms with E-state index in [1.54, 1.807) is 11.0 Å². The third kappa shape index (κ3) is 6.73. The highest BCUT2D eigenvalue weighted by Gasteiger charge is 2.23. The summed E-state index contributed by atoms with van der Waals surface area (Å²) in [6.07, 6.45) is 2.22. The fraction of sp³-hybridized carbons (Fsp3) is 0.536. The molecule has 10 heteroatoms. The van der Waals surface area contributed by atoms with Crippen LogP contribution in [0.5, 0.6) is 11.5 Å². The normalized spacial score (nSPS) is 17.3. The number of hydrogen-bond donors (Lipinski definition) is 0. The molecule has 2 aromatic rings. The minimum atomic E-state index is -0.650. The molecule has 38 heavy (non-hydrogen) atoms. The molecule has 10 nitrogen and oxygen atoms in total. The second kappa shape index (κ2) is 12.9. The van der Waals surface area contributed by atoms with Crippen molar-refractivity contribution >= 4 is 17.7 Å². The second-order valence-corrected chi connectivity index (χ2v) is 9.41. The Morgan fingerprint density at radius 2 is 1.79 bits per heavy atom. The Morgan fingerprint density at radius 3 is 2.50 bits per heavy atom. The lowest BCUT2D eigenvalue weighted by molar-refractivity contribution is -0.137. The number of ketones is 1. The van der Waals surface area contributed by atoms with Gasteiger partial charge in [-0.2, -0.15) is 0 Å². The van der Waals surface area contributed by atoms with E-state index >= 15 is 0 Å². The summed E-state index contributed by atoms with van der Waals surface area (Å²) in [6, 6.07) is 6.42. The van der Waals surface area contributed by atoms with Crippen LogP contribution in [0.2, 0.25) is 0 Å². The summed E-state index contributed by atoms with van der Waals surface area (Å²) in [4.78, 5) is 39.7. The number of ether oxygens (including phenoxy) is 5. The van der Waals surface area contributed by atoms with Gasteiger partial charge in [0.25, 0.3) is 5.91 Å². The van der Waals surface area contributed by atoms with Gasteiger partial charge >= 0.3 is 5.97 Å². The predicted molar refractivity (Wildman–Crippen MR) is 138 cm³/mol. The number of carbonyl (C=O) groups excluding carboxylic acids is 3. The van der Waals surface area contributed by atoms with Gasteiger partial charge in [-0.25, -0.2) is 4.79 Å². The van der Waals surface area contributed by atoms with Crippen molar-refractivity contribution in [1.82, 2.24) is 9.47 Å². The maximum Gasteiger partial charge on any atom is 0.338 e. The number of rotatable bonds is 11. The summed E-state index contributed by atoms with van der Waals surface area (Å²) in [5.74, 6) is -0.395. The summed E-state index contributed by atoms with van der Waals surface area (Å²) in [5, 5.41) is 0. The minimum absolute atomic E-state index is 0.145. The molecule has 0 radical (unpaired) electrons. The summed E-state index contributed by atoms with van der Waals surface area (Å²) in [5.41, 5.74) is 2.57. The average molecular weight is 529 g/mol. The van der Waals surface area contributed by atoms with Crippen molar-refractivity contribution < 1.29 is 38.1 Å². The fourth-order valence-corrected chi connectivity index (χ4v) is 4.71. The van der Waals surface area contributed by atoms with Crippen molar-refractivity contribution in [1.29, 1.82) is 0 Å². The van der Waals surface area contributed by atoms with Crippen LogP contribution in [0.25, 0.3) is 0 Å². The number of morpholine rings is 1. The van der Waals surface area contributed by atoms with Crippen LogP contribution < -0.4 is 9.47 Å². The van der Waals surface area contributed by atoms with Gasteiger partial charge in [-0.15, -0.1) is 0 Å². The Balaban J connectivity index is 1.35. The van der Waals surface area contributed by atoms with Gasteiger partial charge in [0.15, 0.2) is 24.7 Å². The van der Waals surface area contributed by atoms with Crippen molar-refractivity contribution in [3.63, 3.8) is 0 Å². The molecular formula is C28H36N2O8.